The van der Waals surface area contributed by atoms with Crippen molar-refractivity contribution in [3.05, 3.63) is 21.9 Å². The molecule has 0 saturated carbocycles. The molecule has 1 aliphatic rings. The van der Waals surface area contributed by atoms with Gasteiger partial charge in [-0.2, -0.15) is 11.3 Å². The molecule has 0 bridgehead atoms. The first-order valence-corrected chi connectivity index (χ1v) is 8.20. The van der Waals surface area contributed by atoms with Gasteiger partial charge in [0.25, 0.3) is 0 Å². The first-order valence-electron chi connectivity index (χ1n) is 7.26. The van der Waals surface area contributed by atoms with Gasteiger partial charge in [-0.3, -0.25) is 4.79 Å². The molecule has 1 unspecified atom stereocenters. The number of amides is 2. The van der Waals surface area contributed by atoms with E-state index in [1.165, 1.54) is 5.56 Å². The van der Waals surface area contributed by atoms with Crippen LogP contribution in [0.15, 0.2) is 10.8 Å². The minimum atomic E-state index is -0.795. The molecule has 0 aliphatic carbocycles. The molecule has 0 radical (unpaired) electrons. The summed E-state index contributed by atoms with van der Waals surface area (Å²) in [5.41, 5.74) is 1.51. The number of carboxylic acid groups (broad SMARTS) is 1. The summed E-state index contributed by atoms with van der Waals surface area (Å²) in [5, 5.41) is 16.4. The highest BCUT2D eigenvalue weighted by molar-refractivity contribution is 7.08. The van der Waals surface area contributed by atoms with Gasteiger partial charge in [-0.25, -0.2) is 4.79 Å². The molecule has 1 fully saturated rings. The van der Waals surface area contributed by atoms with Gasteiger partial charge in [0.15, 0.2) is 0 Å². The van der Waals surface area contributed by atoms with E-state index >= 15 is 0 Å². The fourth-order valence-corrected chi connectivity index (χ4v) is 3.63. The summed E-state index contributed by atoms with van der Waals surface area (Å²) >= 11 is 1.62. The Kier molecular flexibility index (Phi) is 4.88. The number of hydrogen-bond donors (Lipinski definition) is 2. The number of piperidine rings is 1. The molecule has 1 aromatic rings. The van der Waals surface area contributed by atoms with Crippen LogP contribution in [0.5, 0.6) is 0 Å². The van der Waals surface area contributed by atoms with Crippen molar-refractivity contribution in [1.29, 1.82) is 0 Å². The first-order chi connectivity index (χ1) is 9.98. The zero-order valence-corrected chi connectivity index (χ0v) is 13.3. The normalized spacial score (nSPS) is 22.1. The van der Waals surface area contributed by atoms with E-state index in [1.54, 1.807) is 16.2 Å². The molecule has 1 aromatic heterocycles. The zero-order chi connectivity index (χ0) is 15.5. The second-order valence-corrected chi connectivity index (χ2v) is 6.45. The molecule has 2 rings (SSSR count). The summed E-state index contributed by atoms with van der Waals surface area (Å²) < 4.78 is 0. The first kappa shape index (κ1) is 15.8. The van der Waals surface area contributed by atoms with E-state index < -0.39 is 11.4 Å². The molecule has 6 heteroatoms. The van der Waals surface area contributed by atoms with Gasteiger partial charge in [-0.05, 0) is 48.1 Å². The van der Waals surface area contributed by atoms with Crippen LogP contribution in [0.3, 0.4) is 0 Å². The number of thiophene rings is 1. The van der Waals surface area contributed by atoms with Crippen LogP contribution in [0.2, 0.25) is 0 Å². The van der Waals surface area contributed by atoms with Crippen molar-refractivity contribution in [1.82, 2.24) is 10.2 Å². The fourth-order valence-electron chi connectivity index (χ4n) is 2.77. The SMILES string of the molecule is CCC1(C(=O)O)CCCN(C(=O)NCc2cscc2C)C1. The molecule has 1 aliphatic heterocycles. The molecule has 2 amide bonds. The lowest BCUT2D eigenvalue weighted by Crippen LogP contribution is -2.52. The number of carbonyl (C=O) groups excluding carboxylic acids is 1. The Morgan fingerprint density at radius 2 is 2.24 bits per heavy atom. The van der Waals surface area contributed by atoms with Crippen LogP contribution in [0.25, 0.3) is 0 Å². The lowest BCUT2D eigenvalue weighted by Gasteiger charge is -2.39. The monoisotopic (exact) mass is 310 g/mol. The van der Waals surface area contributed by atoms with Gasteiger partial charge in [0, 0.05) is 19.6 Å². The van der Waals surface area contributed by atoms with Crippen LogP contribution in [-0.2, 0) is 11.3 Å². The highest BCUT2D eigenvalue weighted by Gasteiger charge is 2.42. The van der Waals surface area contributed by atoms with E-state index in [0.29, 0.717) is 32.5 Å². The van der Waals surface area contributed by atoms with Crippen LogP contribution in [-0.4, -0.2) is 35.1 Å². The predicted octanol–water partition coefficient (Wildman–Crippen LogP) is 2.84. The van der Waals surface area contributed by atoms with Crippen molar-refractivity contribution >= 4 is 23.3 Å². The lowest BCUT2D eigenvalue weighted by atomic mass is 9.78. The topological polar surface area (TPSA) is 69.6 Å². The van der Waals surface area contributed by atoms with E-state index in [2.05, 4.69) is 10.7 Å². The second kappa shape index (κ2) is 6.47. The molecule has 2 heterocycles. The van der Waals surface area contributed by atoms with Crippen molar-refractivity contribution in [2.45, 2.75) is 39.7 Å². The summed E-state index contributed by atoms with van der Waals surface area (Å²) in [6.45, 7) is 5.32. The summed E-state index contributed by atoms with van der Waals surface area (Å²) in [4.78, 5) is 25.4. The number of aryl methyl sites for hydroxylation is 1. The van der Waals surface area contributed by atoms with Gasteiger partial charge in [-0.15, -0.1) is 0 Å². The van der Waals surface area contributed by atoms with E-state index in [4.69, 9.17) is 0 Å². The van der Waals surface area contributed by atoms with E-state index in [-0.39, 0.29) is 6.03 Å². The maximum Gasteiger partial charge on any atom is 0.317 e. The maximum absolute atomic E-state index is 12.3. The third kappa shape index (κ3) is 3.37. The molecular weight excluding hydrogens is 288 g/mol. The molecule has 1 saturated heterocycles. The number of nitrogens with zero attached hydrogens (tertiary/aromatic N) is 1. The van der Waals surface area contributed by atoms with Gasteiger partial charge in [-0.1, -0.05) is 6.92 Å². The summed E-state index contributed by atoms with van der Waals surface area (Å²) in [7, 11) is 0. The average Bonchev–Trinajstić information content (AvgIpc) is 2.89. The largest absolute Gasteiger partial charge is 0.481 e. The predicted molar refractivity (Wildman–Crippen MR) is 82.5 cm³/mol. The van der Waals surface area contributed by atoms with Gasteiger partial charge in [0.1, 0.15) is 0 Å². The average molecular weight is 310 g/mol. The van der Waals surface area contributed by atoms with Gasteiger partial charge in [0.05, 0.1) is 5.41 Å². The van der Waals surface area contributed by atoms with Crippen molar-refractivity contribution in [2.24, 2.45) is 5.41 Å². The van der Waals surface area contributed by atoms with E-state index in [1.807, 2.05) is 19.2 Å². The van der Waals surface area contributed by atoms with Crippen LogP contribution in [0.4, 0.5) is 4.79 Å². The number of hydrogen-bond acceptors (Lipinski definition) is 3. The molecule has 21 heavy (non-hydrogen) atoms. The molecule has 2 N–H and O–H groups in total. The van der Waals surface area contributed by atoms with E-state index in [0.717, 1.165) is 12.0 Å². The number of likely N-dealkylation sites (tertiary alicyclic amines) is 1. The van der Waals surface area contributed by atoms with Crippen molar-refractivity contribution in [3.63, 3.8) is 0 Å². The Balaban J connectivity index is 1.96. The van der Waals surface area contributed by atoms with Crippen LogP contribution in [0.1, 0.15) is 37.3 Å². The van der Waals surface area contributed by atoms with Gasteiger partial charge >= 0.3 is 12.0 Å². The Bertz CT molecular complexity index is 529. The van der Waals surface area contributed by atoms with Crippen molar-refractivity contribution in [2.75, 3.05) is 13.1 Å². The van der Waals surface area contributed by atoms with Crippen molar-refractivity contribution in [3.8, 4) is 0 Å². The minimum Gasteiger partial charge on any atom is -0.481 e. The van der Waals surface area contributed by atoms with Crippen LogP contribution < -0.4 is 5.32 Å². The standard InChI is InChI=1S/C15H22N2O3S/c1-3-15(13(18)19)5-4-6-17(10-15)14(20)16-7-12-9-21-8-11(12)2/h8-9H,3-7,10H2,1-2H3,(H,16,20)(H,18,19). The lowest BCUT2D eigenvalue weighted by molar-refractivity contribution is -0.152. The third-order valence-electron chi connectivity index (χ3n) is 4.39. The Morgan fingerprint density at radius 3 is 2.81 bits per heavy atom. The molecule has 116 valence electrons. The number of nitrogens with one attached hydrogen (secondary N) is 1. The number of rotatable bonds is 4. The highest BCUT2D eigenvalue weighted by Crippen LogP contribution is 2.33. The number of urea groups is 1. The minimum absolute atomic E-state index is 0.167. The summed E-state index contributed by atoms with van der Waals surface area (Å²) in [5.74, 6) is -0.795. The number of carboxylic acids is 1. The van der Waals surface area contributed by atoms with Crippen molar-refractivity contribution < 1.29 is 14.7 Å². The summed E-state index contributed by atoms with van der Waals surface area (Å²) in [6, 6.07) is -0.167. The Labute approximate surface area is 129 Å². The van der Waals surface area contributed by atoms with Gasteiger partial charge in [0.2, 0.25) is 0 Å². The molecule has 0 spiro atoms. The number of carbonyl (C=O) groups is 2. The third-order valence-corrected chi connectivity index (χ3v) is 5.30. The van der Waals surface area contributed by atoms with E-state index in [9.17, 15) is 14.7 Å². The Hall–Kier alpha value is -1.56. The number of aliphatic carboxylic acids is 1. The van der Waals surface area contributed by atoms with Gasteiger partial charge < -0.3 is 15.3 Å². The van der Waals surface area contributed by atoms with Crippen LogP contribution in [0, 0.1) is 12.3 Å². The maximum atomic E-state index is 12.3. The highest BCUT2D eigenvalue weighted by atomic mass is 32.1. The molecule has 0 aromatic carbocycles. The second-order valence-electron chi connectivity index (χ2n) is 5.70. The molecule has 5 nitrogen and oxygen atoms in total. The zero-order valence-electron chi connectivity index (χ0n) is 12.5. The molecule has 1 atom stereocenters. The summed E-state index contributed by atoms with van der Waals surface area (Å²) in [6.07, 6.45) is 1.94. The fraction of sp³-hybridized carbons (Fsp3) is 0.600. The Morgan fingerprint density at radius 1 is 1.48 bits per heavy atom. The quantitative estimate of drug-likeness (QED) is 0.898. The van der Waals surface area contributed by atoms with Crippen LogP contribution >= 0.6 is 11.3 Å². The smallest absolute Gasteiger partial charge is 0.317 e. The molecular formula is C15H22N2O3S.